The Morgan fingerprint density at radius 3 is 2.61 bits per heavy atom. The zero-order valence-corrected chi connectivity index (χ0v) is 20.8. The Hall–Kier alpha value is -0.790. The fourth-order valence-corrected chi connectivity index (χ4v) is 8.77. The summed E-state index contributed by atoms with van der Waals surface area (Å²) in [4.78, 5) is 15.7. The van der Waals surface area contributed by atoms with Gasteiger partial charge in [0.2, 0.25) is 0 Å². The summed E-state index contributed by atoms with van der Waals surface area (Å²) in [6.45, 7) is 8.44. The second-order valence-corrected chi connectivity index (χ2v) is 12.5. The lowest BCUT2D eigenvalue weighted by Gasteiger charge is -2.60. The van der Waals surface area contributed by atoms with Gasteiger partial charge in [0.15, 0.2) is 5.78 Å². The second kappa shape index (κ2) is 8.12. The van der Waals surface area contributed by atoms with E-state index in [1.165, 1.54) is 0 Å². The van der Waals surface area contributed by atoms with Crippen molar-refractivity contribution in [3.63, 3.8) is 0 Å². The molecule has 5 aliphatic rings. The predicted octanol–water partition coefficient (Wildman–Crippen LogP) is 2.69. The third-order valence-electron chi connectivity index (χ3n) is 11.0. The number of hydrogen-bond acceptors (Lipinski definition) is 6. The molecule has 4 fully saturated rings. The summed E-state index contributed by atoms with van der Waals surface area (Å²) in [7, 11) is 2.18. The van der Waals surface area contributed by atoms with Gasteiger partial charge in [0, 0.05) is 30.5 Å². The highest BCUT2D eigenvalue weighted by Crippen LogP contribution is 2.67. The minimum Gasteiger partial charge on any atom is -0.390 e. The zero-order chi connectivity index (χ0) is 23.8. The number of ketones is 1. The lowest BCUT2D eigenvalue weighted by atomic mass is 9.46. The van der Waals surface area contributed by atoms with Crippen molar-refractivity contribution in [2.45, 2.75) is 102 Å². The van der Waals surface area contributed by atoms with Crippen LogP contribution in [0.5, 0.6) is 0 Å². The van der Waals surface area contributed by atoms with Crippen LogP contribution < -0.4 is 0 Å². The van der Waals surface area contributed by atoms with Crippen molar-refractivity contribution >= 4 is 5.78 Å². The molecule has 1 saturated heterocycles. The van der Waals surface area contributed by atoms with Crippen LogP contribution in [0.15, 0.2) is 11.6 Å². The number of carbonyl (C=O) groups is 1. The molecule has 6 nitrogen and oxygen atoms in total. The summed E-state index contributed by atoms with van der Waals surface area (Å²) in [5.41, 5.74) is -0.753. The van der Waals surface area contributed by atoms with Crippen molar-refractivity contribution in [3.8, 4) is 0 Å². The molecule has 5 rings (SSSR count). The Balaban J connectivity index is 1.43. The van der Waals surface area contributed by atoms with Crippen molar-refractivity contribution in [2.24, 2.45) is 28.6 Å². The van der Waals surface area contributed by atoms with E-state index >= 15 is 0 Å². The molecule has 0 bridgehead atoms. The quantitative estimate of drug-likeness (QED) is 0.596. The fourth-order valence-electron chi connectivity index (χ4n) is 8.77. The Labute approximate surface area is 198 Å². The van der Waals surface area contributed by atoms with E-state index in [0.29, 0.717) is 37.3 Å². The molecule has 1 heterocycles. The van der Waals surface area contributed by atoms with E-state index in [1.807, 2.05) is 0 Å². The number of likely N-dealkylation sites (N-methyl/N-ethyl adjacent to an activating group) is 1. The molecule has 33 heavy (non-hydrogen) atoms. The van der Waals surface area contributed by atoms with Gasteiger partial charge in [0.05, 0.1) is 23.9 Å². The number of aliphatic hydroxyl groups excluding tert-OH is 2. The topological polar surface area (TPSA) is 90.2 Å². The summed E-state index contributed by atoms with van der Waals surface area (Å²) < 4.78 is 5.87. The van der Waals surface area contributed by atoms with Gasteiger partial charge in [0.1, 0.15) is 0 Å². The van der Waals surface area contributed by atoms with Gasteiger partial charge in [-0.05, 0) is 94.2 Å². The SMILES string of the molecule is CC(C1CCC2(O)C3=CC(=O)C4CC(O)C(O)CC4(C)C3CCC12C)N(C)CC1CCCO1. The smallest absolute Gasteiger partial charge is 0.159 e. The molecule has 0 spiro atoms. The van der Waals surface area contributed by atoms with E-state index in [9.17, 15) is 20.1 Å². The molecule has 0 aromatic carbocycles. The summed E-state index contributed by atoms with van der Waals surface area (Å²) in [6.07, 6.45) is 6.91. The standard InChI is InChI=1S/C27H43NO5/c1-16(28(4)15-17-6-5-11-33-17)18-8-10-27(32)20-12-22(29)21-13-23(30)24(31)14-25(21,2)19(20)7-9-26(18,27)3/h12,16-19,21,23-24,30-32H,5-11,13-15H2,1-4H3. The fraction of sp³-hybridized carbons (Fsp3) is 0.889. The number of carbonyl (C=O) groups excluding carboxylic acids is 1. The molecule has 0 aromatic heterocycles. The Morgan fingerprint density at radius 1 is 1.15 bits per heavy atom. The highest BCUT2D eigenvalue weighted by Gasteiger charge is 2.67. The van der Waals surface area contributed by atoms with Crippen LogP contribution in [0.25, 0.3) is 0 Å². The number of rotatable bonds is 4. The largest absolute Gasteiger partial charge is 0.390 e. The molecule has 4 aliphatic carbocycles. The van der Waals surface area contributed by atoms with Gasteiger partial charge < -0.3 is 25.0 Å². The average molecular weight is 462 g/mol. The lowest BCUT2D eigenvalue weighted by Crippen LogP contribution is -2.61. The van der Waals surface area contributed by atoms with E-state index in [1.54, 1.807) is 6.08 Å². The number of fused-ring (bicyclic) bond motifs is 5. The van der Waals surface area contributed by atoms with E-state index in [2.05, 4.69) is 32.7 Å². The normalized spacial score (nSPS) is 50.5. The predicted molar refractivity (Wildman–Crippen MR) is 126 cm³/mol. The van der Waals surface area contributed by atoms with Crippen molar-refractivity contribution in [2.75, 3.05) is 20.2 Å². The Kier molecular flexibility index (Phi) is 5.89. The third kappa shape index (κ3) is 3.42. The van der Waals surface area contributed by atoms with Crippen molar-refractivity contribution in [1.29, 1.82) is 0 Å². The van der Waals surface area contributed by atoms with Gasteiger partial charge in [-0.1, -0.05) is 13.8 Å². The highest BCUT2D eigenvalue weighted by atomic mass is 16.5. The Morgan fingerprint density at radius 2 is 1.91 bits per heavy atom. The van der Waals surface area contributed by atoms with Crippen LogP contribution in [0.2, 0.25) is 0 Å². The molecule has 0 radical (unpaired) electrons. The molecule has 0 amide bonds. The zero-order valence-electron chi connectivity index (χ0n) is 20.8. The van der Waals surface area contributed by atoms with Gasteiger partial charge in [0.25, 0.3) is 0 Å². The van der Waals surface area contributed by atoms with Crippen LogP contribution in [-0.2, 0) is 9.53 Å². The molecule has 6 heteroatoms. The number of allylic oxidation sites excluding steroid dienone is 1. The van der Waals surface area contributed by atoms with Crippen LogP contribution in [0.3, 0.4) is 0 Å². The summed E-state index contributed by atoms with van der Waals surface area (Å²) in [5, 5.41) is 33.1. The highest BCUT2D eigenvalue weighted by molar-refractivity contribution is 5.95. The van der Waals surface area contributed by atoms with Crippen molar-refractivity contribution < 1.29 is 24.9 Å². The van der Waals surface area contributed by atoms with E-state index < -0.39 is 23.2 Å². The van der Waals surface area contributed by atoms with Gasteiger partial charge in [-0.25, -0.2) is 0 Å². The van der Waals surface area contributed by atoms with Crippen LogP contribution in [-0.4, -0.2) is 76.2 Å². The van der Waals surface area contributed by atoms with Crippen LogP contribution >= 0.6 is 0 Å². The maximum Gasteiger partial charge on any atom is 0.159 e. The summed E-state index contributed by atoms with van der Waals surface area (Å²) in [6, 6.07) is 0.319. The molecule has 10 unspecified atom stereocenters. The van der Waals surface area contributed by atoms with E-state index in [0.717, 1.165) is 50.8 Å². The molecule has 1 aliphatic heterocycles. The molecular weight excluding hydrogens is 418 g/mol. The van der Waals surface area contributed by atoms with Crippen molar-refractivity contribution in [1.82, 2.24) is 4.90 Å². The van der Waals surface area contributed by atoms with E-state index in [4.69, 9.17) is 4.74 Å². The van der Waals surface area contributed by atoms with Gasteiger partial charge in [-0.2, -0.15) is 0 Å². The van der Waals surface area contributed by atoms with Crippen molar-refractivity contribution in [3.05, 3.63) is 11.6 Å². The average Bonchev–Trinajstić information content (AvgIpc) is 3.35. The Bertz CT molecular complexity index is 823. The molecule has 0 aromatic rings. The minimum atomic E-state index is -0.982. The first kappa shape index (κ1) is 23.9. The second-order valence-electron chi connectivity index (χ2n) is 12.5. The first-order chi connectivity index (χ1) is 15.5. The third-order valence-corrected chi connectivity index (χ3v) is 11.0. The van der Waals surface area contributed by atoms with Gasteiger partial charge >= 0.3 is 0 Å². The number of aliphatic hydroxyl groups is 3. The first-order valence-corrected chi connectivity index (χ1v) is 13.2. The molecule has 186 valence electrons. The monoisotopic (exact) mass is 461 g/mol. The maximum absolute atomic E-state index is 13.3. The van der Waals surface area contributed by atoms with Gasteiger partial charge in [-0.15, -0.1) is 0 Å². The van der Waals surface area contributed by atoms with E-state index in [-0.39, 0.29) is 23.0 Å². The minimum absolute atomic E-state index is 0.0272. The molecule has 3 saturated carbocycles. The first-order valence-electron chi connectivity index (χ1n) is 13.2. The lowest BCUT2D eigenvalue weighted by molar-refractivity contribution is -0.153. The van der Waals surface area contributed by atoms with Crippen LogP contribution in [0.1, 0.15) is 72.1 Å². The van der Waals surface area contributed by atoms with Crippen LogP contribution in [0, 0.1) is 28.6 Å². The summed E-state index contributed by atoms with van der Waals surface area (Å²) >= 11 is 0. The maximum atomic E-state index is 13.3. The molecule has 10 atom stereocenters. The van der Waals surface area contributed by atoms with Gasteiger partial charge in [-0.3, -0.25) is 4.79 Å². The molecular formula is C27H43NO5. The number of ether oxygens (including phenoxy) is 1. The summed E-state index contributed by atoms with van der Waals surface area (Å²) in [5.74, 6) is 0.180. The van der Waals surface area contributed by atoms with Crippen LogP contribution in [0.4, 0.5) is 0 Å². The molecule has 3 N–H and O–H groups in total. The number of hydrogen-bond donors (Lipinski definition) is 3. The number of nitrogens with zero attached hydrogens (tertiary/aromatic N) is 1.